The molecule has 25 heavy (non-hydrogen) atoms. The lowest BCUT2D eigenvalue weighted by molar-refractivity contribution is -0.181. The molecule has 1 aromatic carbocycles. The molecular weight excluding hydrogens is 320 g/mol. The van der Waals surface area contributed by atoms with Gasteiger partial charge in [-0.05, 0) is 30.5 Å². The van der Waals surface area contributed by atoms with Gasteiger partial charge >= 0.3 is 0 Å². The van der Waals surface area contributed by atoms with Crippen LogP contribution in [0, 0.1) is 5.92 Å². The number of hydrogen-bond acceptors (Lipinski definition) is 4. The van der Waals surface area contributed by atoms with E-state index in [9.17, 15) is 9.59 Å². The minimum Gasteiger partial charge on any atom is -0.352 e. The first-order chi connectivity index (χ1) is 12.2. The standard InChI is InChI=1S/C19H24N2O4/c22-17(15-5-6-15)20-13-14-1-3-16(4-2-14)18(23)21-9-7-19(8-10-21)24-11-12-25-19/h1-4,15H,5-13H2,(H,20,22). The van der Waals surface area contributed by atoms with Crippen LogP contribution in [0.2, 0.25) is 0 Å². The lowest BCUT2D eigenvalue weighted by atomic mass is 10.0. The van der Waals surface area contributed by atoms with Crippen molar-refractivity contribution in [2.45, 2.75) is 38.0 Å². The second-order valence-corrected chi connectivity index (χ2v) is 7.09. The first-order valence-corrected chi connectivity index (χ1v) is 9.09. The molecule has 1 N–H and O–H groups in total. The van der Waals surface area contributed by atoms with Crippen LogP contribution in [0.25, 0.3) is 0 Å². The van der Waals surface area contributed by atoms with Gasteiger partial charge < -0.3 is 19.7 Å². The zero-order chi connectivity index (χ0) is 17.3. The molecule has 6 heteroatoms. The lowest BCUT2D eigenvalue weighted by Crippen LogP contribution is -2.47. The van der Waals surface area contributed by atoms with E-state index in [0.29, 0.717) is 38.4 Å². The van der Waals surface area contributed by atoms with Gasteiger partial charge in [-0.2, -0.15) is 0 Å². The molecule has 0 atom stereocenters. The first-order valence-electron chi connectivity index (χ1n) is 9.09. The number of benzene rings is 1. The monoisotopic (exact) mass is 344 g/mol. The molecule has 2 aliphatic heterocycles. The highest BCUT2D eigenvalue weighted by Crippen LogP contribution is 2.31. The molecule has 0 unspecified atom stereocenters. The second kappa shape index (κ2) is 6.77. The molecule has 134 valence electrons. The average molecular weight is 344 g/mol. The van der Waals surface area contributed by atoms with Crippen molar-refractivity contribution in [2.24, 2.45) is 5.92 Å². The van der Waals surface area contributed by atoms with Gasteiger partial charge in [-0.1, -0.05) is 12.1 Å². The van der Waals surface area contributed by atoms with Crippen molar-refractivity contribution in [1.29, 1.82) is 0 Å². The number of amides is 2. The van der Waals surface area contributed by atoms with E-state index in [4.69, 9.17) is 9.47 Å². The third-order valence-corrected chi connectivity index (χ3v) is 5.24. The van der Waals surface area contributed by atoms with E-state index < -0.39 is 5.79 Å². The number of rotatable bonds is 4. The van der Waals surface area contributed by atoms with E-state index in [1.165, 1.54) is 0 Å². The van der Waals surface area contributed by atoms with Crippen molar-refractivity contribution in [2.75, 3.05) is 26.3 Å². The summed E-state index contributed by atoms with van der Waals surface area (Å²) in [6.07, 6.45) is 3.47. The fourth-order valence-corrected chi connectivity index (χ4v) is 3.46. The summed E-state index contributed by atoms with van der Waals surface area (Å²) in [6.45, 7) is 3.11. The molecule has 3 fully saturated rings. The number of carbonyl (C=O) groups excluding carboxylic acids is 2. The van der Waals surface area contributed by atoms with E-state index in [0.717, 1.165) is 31.2 Å². The topological polar surface area (TPSA) is 67.9 Å². The zero-order valence-electron chi connectivity index (χ0n) is 14.3. The number of carbonyl (C=O) groups is 2. The zero-order valence-corrected chi connectivity index (χ0v) is 14.3. The van der Waals surface area contributed by atoms with Crippen LogP contribution in [0.1, 0.15) is 41.6 Å². The Balaban J connectivity index is 1.30. The number of nitrogens with zero attached hydrogens (tertiary/aromatic N) is 1. The van der Waals surface area contributed by atoms with Crippen molar-refractivity contribution < 1.29 is 19.1 Å². The quantitative estimate of drug-likeness (QED) is 0.903. The van der Waals surface area contributed by atoms with E-state index in [1.807, 2.05) is 29.2 Å². The summed E-state index contributed by atoms with van der Waals surface area (Å²) >= 11 is 0. The summed E-state index contributed by atoms with van der Waals surface area (Å²) in [4.78, 5) is 26.2. The van der Waals surface area contributed by atoms with Gasteiger partial charge in [0, 0.05) is 44.0 Å². The highest BCUT2D eigenvalue weighted by atomic mass is 16.7. The fourth-order valence-electron chi connectivity index (χ4n) is 3.46. The molecule has 2 heterocycles. The van der Waals surface area contributed by atoms with Gasteiger partial charge in [0.05, 0.1) is 13.2 Å². The van der Waals surface area contributed by atoms with Crippen LogP contribution in [0.4, 0.5) is 0 Å². The lowest BCUT2D eigenvalue weighted by Gasteiger charge is -2.37. The van der Waals surface area contributed by atoms with Crippen LogP contribution in [0.3, 0.4) is 0 Å². The summed E-state index contributed by atoms with van der Waals surface area (Å²) < 4.78 is 11.4. The normalized spacial score (nSPS) is 22.2. The number of piperidine rings is 1. The predicted molar refractivity (Wildman–Crippen MR) is 90.8 cm³/mol. The summed E-state index contributed by atoms with van der Waals surface area (Å²) in [5, 5.41) is 2.94. The molecule has 1 saturated carbocycles. The maximum atomic E-state index is 12.7. The van der Waals surface area contributed by atoms with Crippen molar-refractivity contribution in [3.63, 3.8) is 0 Å². The van der Waals surface area contributed by atoms with E-state index in [1.54, 1.807) is 0 Å². The Kier molecular flexibility index (Phi) is 4.48. The molecule has 0 bridgehead atoms. The third kappa shape index (κ3) is 3.70. The molecule has 3 aliphatic rings. The van der Waals surface area contributed by atoms with Gasteiger partial charge in [0.15, 0.2) is 5.79 Å². The largest absolute Gasteiger partial charge is 0.352 e. The molecule has 2 amide bonds. The van der Waals surface area contributed by atoms with Crippen molar-refractivity contribution in [3.05, 3.63) is 35.4 Å². The summed E-state index contributed by atoms with van der Waals surface area (Å²) in [7, 11) is 0. The summed E-state index contributed by atoms with van der Waals surface area (Å²) in [5.74, 6) is -0.0586. The highest BCUT2D eigenvalue weighted by molar-refractivity contribution is 5.94. The SMILES string of the molecule is O=C(NCc1ccc(C(=O)N2CCC3(CC2)OCCO3)cc1)C1CC1. The second-order valence-electron chi connectivity index (χ2n) is 7.09. The van der Waals surface area contributed by atoms with E-state index in [2.05, 4.69) is 5.32 Å². The Morgan fingerprint density at radius 2 is 1.72 bits per heavy atom. The van der Waals surface area contributed by atoms with E-state index in [-0.39, 0.29) is 17.7 Å². The van der Waals surface area contributed by atoms with Gasteiger partial charge in [-0.15, -0.1) is 0 Å². The molecule has 0 radical (unpaired) electrons. The molecule has 1 aliphatic carbocycles. The highest BCUT2D eigenvalue weighted by Gasteiger charge is 2.40. The van der Waals surface area contributed by atoms with Crippen LogP contribution >= 0.6 is 0 Å². The van der Waals surface area contributed by atoms with Crippen LogP contribution < -0.4 is 5.32 Å². The maximum Gasteiger partial charge on any atom is 0.253 e. The molecule has 0 aromatic heterocycles. The third-order valence-electron chi connectivity index (χ3n) is 5.24. The number of ether oxygens (including phenoxy) is 2. The van der Waals surface area contributed by atoms with Crippen LogP contribution in [0.5, 0.6) is 0 Å². The Hall–Kier alpha value is -1.92. The number of likely N-dealkylation sites (tertiary alicyclic amines) is 1. The predicted octanol–water partition coefficient (Wildman–Crippen LogP) is 1.69. The Morgan fingerprint density at radius 1 is 1.08 bits per heavy atom. The maximum absolute atomic E-state index is 12.7. The minimum absolute atomic E-state index is 0.0430. The summed E-state index contributed by atoms with van der Waals surface area (Å²) in [5.41, 5.74) is 1.69. The van der Waals surface area contributed by atoms with E-state index >= 15 is 0 Å². The van der Waals surface area contributed by atoms with Crippen molar-refractivity contribution in [3.8, 4) is 0 Å². The average Bonchev–Trinajstić information content (AvgIpc) is 3.41. The summed E-state index contributed by atoms with van der Waals surface area (Å²) in [6, 6.07) is 7.51. The van der Waals surface area contributed by atoms with Gasteiger partial charge in [0.2, 0.25) is 5.91 Å². The molecular formula is C19H24N2O4. The van der Waals surface area contributed by atoms with Crippen molar-refractivity contribution in [1.82, 2.24) is 10.2 Å². The van der Waals surface area contributed by atoms with Crippen LogP contribution in [0.15, 0.2) is 24.3 Å². The van der Waals surface area contributed by atoms with Gasteiger partial charge in [-0.3, -0.25) is 9.59 Å². The Labute approximate surface area is 147 Å². The number of nitrogens with one attached hydrogen (secondary N) is 1. The first kappa shape index (κ1) is 16.5. The molecule has 1 spiro atoms. The van der Waals surface area contributed by atoms with Gasteiger partial charge in [0.1, 0.15) is 0 Å². The minimum atomic E-state index is -0.458. The molecule has 1 aromatic rings. The smallest absolute Gasteiger partial charge is 0.253 e. The Bertz CT molecular complexity index is 638. The van der Waals surface area contributed by atoms with Gasteiger partial charge in [-0.25, -0.2) is 0 Å². The van der Waals surface area contributed by atoms with Crippen LogP contribution in [-0.2, 0) is 20.8 Å². The molecule has 2 saturated heterocycles. The molecule has 4 rings (SSSR count). The Morgan fingerprint density at radius 3 is 2.32 bits per heavy atom. The number of hydrogen-bond donors (Lipinski definition) is 1. The fraction of sp³-hybridized carbons (Fsp3) is 0.579. The molecule has 6 nitrogen and oxygen atoms in total. The van der Waals surface area contributed by atoms with Crippen LogP contribution in [-0.4, -0.2) is 48.8 Å². The van der Waals surface area contributed by atoms with Gasteiger partial charge in [0.25, 0.3) is 5.91 Å². The van der Waals surface area contributed by atoms with Crippen molar-refractivity contribution >= 4 is 11.8 Å².